The van der Waals surface area contributed by atoms with Gasteiger partial charge in [0.25, 0.3) is 0 Å². The fourth-order valence-electron chi connectivity index (χ4n) is 4.07. The number of piperidine rings is 1. The Bertz CT molecular complexity index is 619. The Balaban J connectivity index is 1.51. The zero-order valence-corrected chi connectivity index (χ0v) is 17.9. The van der Waals surface area contributed by atoms with E-state index in [-0.39, 0.29) is 0 Å². The molecule has 3 rings (SSSR count). The van der Waals surface area contributed by atoms with Crippen LogP contribution in [-0.2, 0) is 11.3 Å². The first-order valence-electron chi connectivity index (χ1n) is 10.9. The van der Waals surface area contributed by atoms with Gasteiger partial charge in [-0.2, -0.15) is 0 Å². The van der Waals surface area contributed by atoms with Gasteiger partial charge in [-0.25, -0.2) is 9.98 Å². The van der Waals surface area contributed by atoms with Crippen molar-refractivity contribution < 1.29 is 4.74 Å². The van der Waals surface area contributed by atoms with Crippen molar-refractivity contribution in [2.75, 3.05) is 45.2 Å². The molecule has 0 spiro atoms. The zero-order valence-electron chi connectivity index (χ0n) is 17.9. The van der Waals surface area contributed by atoms with Crippen molar-refractivity contribution >= 4 is 11.8 Å². The standard InChI is InChI=1S/C22H37N5O/c1-4-23-22(24-16-19-10-7-11-21(25-19)26(2)3)27-14-12-20(13-15-27)28-17-18-8-5-6-9-18/h7,10-11,18,20H,4-6,8-9,12-17H2,1-3H3,(H,23,24). The second kappa shape index (κ2) is 10.6. The third-order valence-corrected chi connectivity index (χ3v) is 5.76. The number of ether oxygens (including phenoxy) is 1. The number of nitrogens with zero attached hydrogens (tertiary/aromatic N) is 4. The highest BCUT2D eigenvalue weighted by molar-refractivity contribution is 5.80. The van der Waals surface area contributed by atoms with E-state index >= 15 is 0 Å². The minimum Gasteiger partial charge on any atom is -0.378 e. The van der Waals surface area contributed by atoms with Crippen LogP contribution in [0.25, 0.3) is 0 Å². The van der Waals surface area contributed by atoms with Crippen LogP contribution in [0.15, 0.2) is 23.2 Å². The lowest BCUT2D eigenvalue weighted by atomic mass is 10.1. The van der Waals surface area contributed by atoms with Crippen molar-refractivity contribution in [2.24, 2.45) is 10.9 Å². The summed E-state index contributed by atoms with van der Waals surface area (Å²) in [7, 11) is 4.02. The summed E-state index contributed by atoms with van der Waals surface area (Å²) >= 11 is 0. The van der Waals surface area contributed by atoms with Crippen LogP contribution >= 0.6 is 0 Å². The molecule has 1 aromatic heterocycles. The normalized spacial score (nSPS) is 19.2. The molecule has 0 radical (unpaired) electrons. The molecule has 0 amide bonds. The first-order valence-corrected chi connectivity index (χ1v) is 10.9. The third-order valence-electron chi connectivity index (χ3n) is 5.76. The van der Waals surface area contributed by atoms with Gasteiger partial charge in [-0.15, -0.1) is 0 Å². The van der Waals surface area contributed by atoms with E-state index in [2.05, 4.69) is 22.1 Å². The number of nitrogens with one attached hydrogen (secondary N) is 1. The predicted octanol–water partition coefficient (Wildman–Crippen LogP) is 3.28. The van der Waals surface area contributed by atoms with Crippen LogP contribution in [0.3, 0.4) is 0 Å². The molecule has 1 saturated carbocycles. The molecule has 2 aliphatic rings. The van der Waals surface area contributed by atoms with E-state index in [1.54, 1.807) is 0 Å². The molecule has 1 saturated heterocycles. The molecule has 6 nitrogen and oxygen atoms in total. The highest BCUT2D eigenvalue weighted by Gasteiger charge is 2.23. The fraction of sp³-hybridized carbons (Fsp3) is 0.727. The Morgan fingerprint density at radius 2 is 1.96 bits per heavy atom. The molecule has 1 aliphatic carbocycles. The smallest absolute Gasteiger partial charge is 0.194 e. The number of aromatic nitrogens is 1. The maximum Gasteiger partial charge on any atom is 0.194 e. The second-order valence-corrected chi connectivity index (χ2v) is 8.22. The summed E-state index contributed by atoms with van der Waals surface area (Å²) < 4.78 is 6.22. The van der Waals surface area contributed by atoms with E-state index in [9.17, 15) is 0 Å². The molecule has 156 valence electrons. The van der Waals surface area contributed by atoms with Crippen molar-refractivity contribution in [3.63, 3.8) is 0 Å². The molecule has 1 aliphatic heterocycles. The molecular weight excluding hydrogens is 350 g/mol. The molecule has 1 N–H and O–H groups in total. The second-order valence-electron chi connectivity index (χ2n) is 8.22. The summed E-state index contributed by atoms with van der Waals surface area (Å²) in [6.45, 7) is 6.58. The molecule has 2 heterocycles. The van der Waals surface area contributed by atoms with Crippen LogP contribution in [0.5, 0.6) is 0 Å². The van der Waals surface area contributed by atoms with Gasteiger partial charge in [0.1, 0.15) is 5.82 Å². The highest BCUT2D eigenvalue weighted by Crippen LogP contribution is 2.26. The van der Waals surface area contributed by atoms with Crippen LogP contribution in [0, 0.1) is 5.92 Å². The lowest BCUT2D eigenvalue weighted by molar-refractivity contribution is 0.00101. The van der Waals surface area contributed by atoms with E-state index in [4.69, 9.17) is 9.73 Å². The highest BCUT2D eigenvalue weighted by atomic mass is 16.5. The topological polar surface area (TPSA) is 53.0 Å². The number of hydrogen-bond acceptors (Lipinski definition) is 4. The minimum atomic E-state index is 0.415. The summed E-state index contributed by atoms with van der Waals surface area (Å²) in [5.41, 5.74) is 0.997. The maximum atomic E-state index is 6.22. The predicted molar refractivity (Wildman–Crippen MR) is 116 cm³/mol. The molecule has 28 heavy (non-hydrogen) atoms. The first kappa shape index (κ1) is 20.9. The van der Waals surface area contributed by atoms with E-state index in [1.165, 1.54) is 25.7 Å². The fourth-order valence-corrected chi connectivity index (χ4v) is 4.07. The lowest BCUT2D eigenvalue weighted by Gasteiger charge is -2.34. The maximum absolute atomic E-state index is 6.22. The SMILES string of the molecule is CCNC(=NCc1cccc(N(C)C)n1)N1CCC(OCC2CCCC2)CC1. The van der Waals surface area contributed by atoms with Gasteiger partial charge in [-0.3, -0.25) is 0 Å². The summed E-state index contributed by atoms with van der Waals surface area (Å²) in [6.07, 6.45) is 8.09. The molecule has 1 aromatic rings. The number of anilines is 1. The molecule has 0 aromatic carbocycles. The Morgan fingerprint density at radius 3 is 2.64 bits per heavy atom. The van der Waals surface area contributed by atoms with E-state index in [0.717, 1.165) is 62.5 Å². The average molecular weight is 388 g/mol. The number of hydrogen-bond donors (Lipinski definition) is 1. The number of pyridine rings is 1. The van der Waals surface area contributed by atoms with E-state index in [0.29, 0.717) is 12.6 Å². The van der Waals surface area contributed by atoms with E-state index in [1.807, 2.05) is 37.2 Å². The summed E-state index contributed by atoms with van der Waals surface area (Å²) in [4.78, 5) is 13.9. The summed E-state index contributed by atoms with van der Waals surface area (Å²) in [5.74, 6) is 2.77. The van der Waals surface area contributed by atoms with Gasteiger partial charge in [-0.1, -0.05) is 18.9 Å². The van der Waals surface area contributed by atoms with Crippen LogP contribution < -0.4 is 10.2 Å². The van der Waals surface area contributed by atoms with Crippen molar-refractivity contribution in [1.29, 1.82) is 0 Å². The molecular formula is C22H37N5O. The Kier molecular flexibility index (Phi) is 7.95. The van der Waals surface area contributed by atoms with Crippen LogP contribution in [0.4, 0.5) is 5.82 Å². The Labute approximate surface area is 170 Å². The van der Waals surface area contributed by atoms with Gasteiger partial charge < -0.3 is 19.9 Å². The lowest BCUT2D eigenvalue weighted by Crippen LogP contribution is -2.47. The van der Waals surface area contributed by atoms with Gasteiger partial charge >= 0.3 is 0 Å². The average Bonchev–Trinajstić information content (AvgIpc) is 3.24. The number of likely N-dealkylation sites (tertiary alicyclic amines) is 1. The molecule has 0 bridgehead atoms. The van der Waals surface area contributed by atoms with Crippen molar-refractivity contribution in [3.05, 3.63) is 23.9 Å². The minimum absolute atomic E-state index is 0.415. The molecule has 2 fully saturated rings. The molecule has 0 atom stereocenters. The van der Waals surface area contributed by atoms with Crippen molar-refractivity contribution in [1.82, 2.24) is 15.2 Å². The van der Waals surface area contributed by atoms with Gasteiger partial charge in [0.05, 0.1) is 18.3 Å². The van der Waals surface area contributed by atoms with Gasteiger partial charge in [-0.05, 0) is 50.7 Å². The Hall–Kier alpha value is -1.82. The van der Waals surface area contributed by atoms with Crippen LogP contribution in [0.1, 0.15) is 51.1 Å². The van der Waals surface area contributed by atoms with Crippen molar-refractivity contribution in [3.8, 4) is 0 Å². The Morgan fingerprint density at radius 1 is 1.21 bits per heavy atom. The van der Waals surface area contributed by atoms with Gasteiger partial charge in [0.2, 0.25) is 0 Å². The zero-order chi connectivity index (χ0) is 19.8. The quantitative estimate of drug-likeness (QED) is 0.575. The largest absolute Gasteiger partial charge is 0.378 e. The number of aliphatic imine (C=N–C) groups is 1. The van der Waals surface area contributed by atoms with Gasteiger partial charge in [0, 0.05) is 40.3 Å². The monoisotopic (exact) mass is 387 g/mol. The van der Waals surface area contributed by atoms with Gasteiger partial charge in [0.15, 0.2) is 5.96 Å². The third kappa shape index (κ3) is 6.09. The summed E-state index contributed by atoms with van der Waals surface area (Å²) in [5, 5.41) is 3.45. The summed E-state index contributed by atoms with van der Waals surface area (Å²) in [6, 6.07) is 6.12. The van der Waals surface area contributed by atoms with Crippen molar-refractivity contribution in [2.45, 2.75) is 58.1 Å². The van der Waals surface area contributed by atoms with E-state index < -0.39 is 0 Å². The first-order chi connectivity index (χ1) is 13.7. The van der Waals surface area contributed by atoms with Crippen LogP contribution in [-0.4, -0.2) is 62.3 Å². The number of guanidine groups is 1. The van der Waals surface area contributed by atoms with Crippen LogP contribution in [0.2, 0.25) is 0 Å². The molecule has 0 unspecified atom stereocenters. The molecule has 6 heteroatoms. The number of rotatable bonds is 7.